The zero-order valence-corrected chi connectivity index (χ0v) is 12.9. The number of hydrogen-bond donors (Lipinski definition) is 1. The summed E-state index contributed by atoms with van der Waals surface area (Å²) in [5.74, 6) is 0.933. The van der Waals surface area contributed by atoms with Gasteiger partial charge in [-0.3, -0.25) is 4.79 Å². The van der Waals surface area contributed by atoms with Crippen LogP contribution >= 0.6 is 11.6 Å². The number of hydrogen-bond acceptors (Lipinski definition) is 3. The van der Waals surface area contributed by atoms with Gasteiger partial charge in [0.2, 0.25) is 6.79 Å². The zero-order valence-electron chi connectivity index (χ0n) is 12.1. The number of rotatable bonds is 4. The Morgan fingerprint density at radius 2 is 2.00 bits per heavy atom. The molecule has 5 heteroatoms. The highest BCUT2D eigenvalue weighted by Gasteiger charge is 2.23. The lowest BCUT2D eigenvalue weighted by molar-refractivity contribution is 0.0931. The third kappa shape index (κ3) is 2.88. The summed E-state index contributed by atoms with van der Waals surface area (Å²) in [6.07, 6.45) is 0.778. The van der Waals surface area contributed by atoms with E-state index in [2.05, 4.69) is 5.32 Å². The summed E-state index contributed by atoms with van der Waals surface area (Å²) in [5.41, 5.74) is 1.51. The van der Waals surface area contributed by atoms with Crippen LogP contribution in [0.25, 0.3) is 0 Å². The molecule has 22 heavy (non-hydrogen) atoms. The van der Waals surface area contributed by atoms with E-state index in [1.54, 1.807) is 18.2 Å². The van der Waals surface area contributed by atoms with Crippen LogP contribution in [0.1, 0.15) is 35.3 Å². The van der Waals surface area contributed by atoms with Crippen LogP contribution in [0.5, 0.6) is 11.5 Å². The molecule has 1 aliphatic rings. The number of carbonyl (C=O) groups is 1. The van der Waals surface area contributed by atoms with Crippen LogP contribution in [-0.2, 0) is 0 Å². The van der Waals surface area contributed by atoms with Crippen LogP contribution < -0.4 is 14.8 Å². The molecule has 0 aliphatic carbocycles. The fourth-order valence-electron chi connectivity index (χ4n) is 2.46. The molecule has 0 bridgehead atoms. The van der Waals surface area contributed by atoms with E-state index in [1.165, 1.54) is 0 Å². The summed E-state index contributed by atoms with van der Waals surface area (Å²) in [6.45, 7) is 2.17. The quantitative estimate of drug-likeness (QED) is 0.928. The summed E-state index contributed by atoms with van der Waals surface area (Å²) in [5, 5.41) is 3.71. The highest BCUT2D eigenvalue weighted by Crippen LogP contribution is 2.35. The van der Waals surface area contributed by atoms with Crippen LogP contribution in [0.15, 0.2) is 42.5 Å². The van der Waals surface area contributed by atoms with Crippen LogP contribution in [0, 0.1) is 0 Å². The van der Waals surface area contributed by atoms with E-state index in [1.807, 2.05) is 31.2 Å². The van der Waals surface area contributed by atoms with Gasteiger partial charge in [0.25, 0.3) is 5.91 Å². The summed E-state index contributed by atoms with van der Waals surface area (Å²) >= 11 is 5.91. The largest absolute Gasteiger partial charge is 0.454 e. The Bertz CT molecular complexity index is 685. The van der Waals surface area contributed by atoms with Crippen LogP contribution in [0.3, 0.4) is 0 Å². The average molecular weight is 318 g/mol. The van der Waals surface area contributed by atoms with E-state index in [0.717, 1.165) is 12.0 Å². The van der Waals surface area contributed by atoms with Gasteiger partial charge in [-0.25, -0.2) is 0 Å². The molecular formula is C17H16ClNO3. The predicted octanol–water partition coefficient (Wildman–Crippen LogP) is 3.95. The van der Waals surface area contributed by atoms with Crippen molar-refractivity contribution in [3.63, 3.8) is 0 Å². The summed E-state index contributed by atoms with van der Waals surface area (Å²) < 4.78 is 10.7. The van der Waals surface area contributed by atoms with Crippen molar-refractivity contribution in [2.75, 3.05) is 6.79 Å². The first-order valence-electron chi connectivity index (χ1n) is 7.14. The molecule has 3 rings (SSSR count). The number of amides is 1. The highest BCUT2D eigenvalue weighted by atomic mass is 35.5. The number of carbonyl (C=O) groups excluding carboxylic acids is 1. The lowest BCUT2D eigenvalue weighted by Gasteiger charge is -2.18. The van der Waals surface area contributed by atoms with Crippen molar-refractivity contribution in [2.45, 2.75) is 19.4 Å². The van der Waals surface area contributed by atoms with Gasteiger partial charge in [-0.15, -0.1) is 0 Å². The maximum absolute atomic E-state index is 12.5. The van der Waals surface area contributed by atoms with Crippen molar-refractivity contribution in [3.8, 4) is 11.5 Å². The number of benzene rings is 2. The van der Waals surface area contributed by atoms with Crippen LogP contribution in [-0.4, -0.2) is 12.7 Å². The molecule has 0 radical (unpaired) electrons. The number of nitrogens with one attached hydrogen (secondary N) is 1. The molecule has 1 N–H and O–H groups in total. The summed E-state index contributed by atoms with van der Waals surface area (Å²) in [4.78, 5) is 12.5. The van der Waals surface area contributed by atoms with Gasteiger partial charge in [-0.2, -0.15) is 0 Å². The molecule has 1 unspecified atom stereocenters. The van der Waals surface area contributed by atoms with Crippen molar-refractivity contribution < 1.29 is 14.3 Å². The molecule has 0 fully saturated rings. The van der Waals surface area contributed by atoms with Crippen molar-refractivity contribution in [3.05, 3.63) is 58.6 Å². The standard InChI is InChI=1S/C17H16ClNO3/c1-2-14(11-6-8-12(18)9-7-11)19-17(20)13-4-3-5-15-16(13)22-10-21-15/h3-9,14H,2,10H2,1H3,(H,19,20). The summed E-state index contributed by atoms with van der Waals surface area (Å²) in [7, 11) is 0. The predicted molar refractivity (Wildman–Crippen MR) is 84.5 cm³/mol. The van der Waals surface area contributed by atoms with Gasteiger partial charge >= 0.3 is 0 Å². The van der Waals surface area contributed by atoms with Gasteiger partial charge in [-0.05, 0) is 36.2 Å². The van der Waals surface area contributed by atoms with E-state index in [9.17, 15) is 4.79 Å². The molecule has 0 spiro atoms. The monoisotopic (exact) mass is 317 g/mol. The third-order valence-corrected chi connectivity index (χ3v) is 3.88. The second kappa shape index (κ2) is 6.28. The molecule has 2 aromatic rings. The number of para-hydroxylation sites is 1. The molecule has 0 saturated heterocycles. The van der Waals surface area contributed by atoms with E-state index in [0.29, 0.717) is 22.1 Å². The molecule has 0 saturated carbocycles. The van der Waals surface area contributed by atoms with Gasteiger partial charge in [0.05, 0.1) is 11.6 Å². The normalized spacial score (nSPS) is 13.7. The van der Waals surface area contributed by atoms with E-state index >= 15 is 0 Å². The number of fused-ring (bicyclic) bond motifs is 1. The lowest BCUT2D eigenvalue weighted by atomic mass is 10.0. The summed E-state index contributed by atoms with van der Waals surface area (Å²) in [6, 6.07) is 12.7. The maximum Gasteiger partial charge on any atom is 0.255 e. The van der Waals surface area contributed by atoms with E-state index < -0.39 is 0 Å². The van der Waals surface area contributed by atoms with Crippen LogP contribution in [0.2, 0.25) is 5.02 Å². The Labute approximate surface area is 134 Å². The Morgan fingerprint density at radius 3 is 2.73 bits per heavy atom. The van der Waals surface area contributed by atoms with Gasteiger partial charge in [0.1, 0.15) is 0 Å². The second-order valence-corrected chi connectivity index (χ2v) is 5.46. The van der Waals surface area contributed by atoms with E-state index in [-0.39, 0.29) is 18.7 Å². The molecule has 1 heterocycles. The minimum atomic E-state index is -0.177. The van der Waals surface area contributed by atoms with E-state index in [4.69, 9.17) is 21.1 Å². The van der Waals surface area contributed by atoms with Crippen molar-refractivity contribution >= 4 is 17.5 Å². The molecule has 1 aliphatic heterocycles. The fourth-order valence-corrected chi connectivity index (χ4v) is 2.59. The van der Waals surface area contributed by atoms with Gasteiger partial charge in [0, 0.05) is 5.02 Å². The first-order valence-corrected chi connectivity index (χ1v) is 7.51. The van der Waals surface area contributed by atoms with Crippen molar-refractivity contribution in [2.24, 2.45) is 0 Å². The average Bonchev–Trinajstić information content (AvgIpc) is 3.01. The molecule has 114 valence electrons. The van der Waals surface area contributed by atoms with Gasteiger partial charge in [0.15, 0.2) is 11.5 Å². The fraction of sp³-hybridized carbons (Fsp3) is 0.235. The smallest absolute Gasteiger partial charge is 0.255 e. The van der Waals surface area contributed by atoms with Crippen molar-refractivity contribution in [1.29, 1.82) is 0 Å². The molecule has 1 atom stereocenters. The highest BCUT2D eigenvalue weighted by molar-refractivity contribution is 6.30. The number of halogens is 1. The molecule has 0 aromatic heterocycles. The zero-order chi connectivity index (χ0) is 15.5. The minimum absolute atomic E-state index is 0.0806. The Balaban J connectivity index is 1.81. The van der Waals surface area contributed by atoms with Crippen LogP contribution in [0.4, 0.5) is 0 Å². The van der Waals surface area contributed by atoms with Crippen molar-refractivity contribution in [1.82, 2.24) is 5.32 Å². The second-order valence-electron chi connectivity index (χ2n) is 5.03. The molecule has 2 aromatic carbocycles. The first kappa shape index (κ1) is 14.7. The van der Waals surface area contributed by atoms with Gasteiger partial charge in [-0.1, -0.05) is 36.7 Å². The van der Waals surface area contributed by atoms with Gasteiger partial charge < -0.3 is 14.8 Å². The Hall–Kier alpha value is -2.20. The lowest BCUT2D eigenvalue weighted by Crippen LogP contribution is -2.28. The maximum atomic E-state index is 12.5. The molecular weight excluding hydrogens is 302 g/mol. The third-order valence-electron chi connectivity index (χ3n) is 3.63. The topological polar surface area (TPSA) is 47.6 Å². The molecule has 4 nitrogen and oxygen atoms in total. The first-order chi connectivity index (χ1) is 10.7. The molecule has 1 amide bonds. The Kier molecular flexibility index (Phi) is 4.20. The number of ether oxygens (including phenoxy) is 2. The minimum Gasteiger partial charge on any atom is -0.454 e. The SMILES string of the molecule is CCC(NC(=O)c1cccc2c1OCO2)c1ccc(Cl)cc1. The Morgan fingerprint density at radius 1 is 1.23 bits per heavy atom.